The van der Waals surface area contributed by atoms with Crippen molar-refractivity contribution in [2.24, 2.45) is 5.92 Å². The van der Waals surface area contributed by atoms with Crippen molar-refractivity contribution in [3.8, 4) is 5.75 Å². The Morgan fingerprint density at radius 1 is 1.29 bits per heavy atom. The molecule has 2 nitrogen and oxygen atoms in total. The van der Waals surface area contributed by atoms with Gasteiger partial charge in [0.05, 0.1) is 0 Å². The van der Waals surface area contributed by atoms with Gasteiger partial charge in [0.2, 0.25) is 0 Å². The number of aryl methyl sites for hydroxylation is 1. The molecule has 1 aromatic rings. The highest BCUT2D eigenvalue weighted by molar-refractivity contribution is 6.30. The molecule has 96 valence electrons. The lowest BCUT2D eigenvalue weighted by atomic mass is 10.1. The molecule has 0 heterocycles. The van der Waals surface area contributed by atoms with Crippen molar-refractivity contribution in [1.82, 2.24) is 5.32 Å². The monoisotopic (exact) mass is 255 g/mol. The predicted molar refractivity (Wildman–Crippen MR) is 74.0 cm³/mol. The van der Waals surface area contributed by atoms with Crippen molar-refractivity contribution in [3.05, 3.63) is 28.8 Å². The van der Waals surface area contributed by atoms with Gasteiger partial charge in [0.1, 0.15) is 12.4 Å². The largest absolute Gasteiger partial charge is 0.492 e. The third kappa shape index (κ3) is 5.94. The molecule has 0 aliphatic heterocycles. The number of hydrogen-bond acceptors (Lipinski definition) is 2. The van der Waals surface area contributed by atoms with E-state index in [1.165, 1.54) is 6.42 Å². The SMILES string of the molecule is Cc1ccc(Cl)cc1OCCNCCC(C)C. The second-order valence-corrected chi connectivity index (χ2v) is 5.13. The van der Waals surface area contributed by atoms with E-state index >= 15 is 0 Å². The smallest absolute Gasteiger partial charge is 0.123 e. The molecule has 1 aromatic carbocycles. The summed E-state index contributed by atoms with van der Waals surface area (Å²) in [5, 5.41) is 4.08. The van der Waals surface area contributed by atoms with Crippen LogP contribution in [-0.4, -0.2) is 19.7 Å². The Balaban J connectivity index is 2.20. The molecule has 0 saturated heterocycles. The van der Waals surface area contributed by atoms with Crippen molar-refractivity contribution >= 4 is 11.6 Å². The summed E-state index contributed by atoms with van der Waals surface area (Å²) in [6.45, 7) is 9.09. The zero-order valence-electron chi connectivity index (χ0n) is 10.9. The fourth-order valence-electron chi connectivity index (χ4n) is 1.48. The molecule has 0 atom stereocenters. The molecule has 0 unspecified atom stereocenters. The first-order valence-corrected chi connectivity index (χ1v) is 6.57. The molecular weight excluding hydrogens is 234 g/mol. The second kappa shape index (κ2) is 7.57. The van der Waals surface area contributed by atoms with Gasteiger partial charge >= 0.3 is 0 Å². The molecule has 17 heavy (non-hydrogen) atoms. The lowest BCUT2D eigenvalue weighted by Gasteiger charge is -2.10. The minimum atomic E-state index is 0.680. The number of rotatable bonds is 7. The first-order chi connectivity index (χ1) is 8.09. The van der Waals surface area contributed by atoms with Gasteiger partial charge < -0.3 is 10.1 Å². The maximum atomic E-state index is 5.92. The van der Waals surface area contributed by atoms with Crippen LogP contribution in [0, 0.1) is 12.8 Å². The lowest BCUT2D eigenvalue weighted by Crippen LogP contribution is -2.23. The van der Waals surface area contributed by atoms with Gasteiger partial charge in [-0.2, -0.15) is 0 Å². The fourth-order valence-corrected chi connectivity index (χ4v) is 1.64. The van der Waals surface area contributed by atoms with Crippen LogP contribution in [0.5, 0.6) is 5.75 Å². The maximum Gasteiger partial charge on any atom is 0.123 e. The van der Waals surface area contributed by atoms with Gasteiger partial charge in [-0.05, 0) is 43.5 Å². The summed E-state index contributed by atoms with van der Waals surface area (Å²) in [6, 6.07) is 5.72. The normalized spacial score (nSPS) is 10.9. The molecular formula is C14H22ClNO. The highest BCUT2D eigenvalue weighted by Gasteiger charge is 2.00. The molecule has 0 aliphatic carbocycles. The van der Waals surface area contributed by atoms with Crippen molar-refractivity contribution in [1.29, 1.82) is 0 Å². The zero-order valence-corrected chi connectivity index (χ0v) is 11.7. The van der Waals surface area contributed by atoms with Crippen LogP contribution in [0.2, 0.25) is 5.02 Å². The molecule has 1 rings (SSSR count). The maximum absolute atomic E-state index is 5.92. The minimum Gasteiger partial charge on any atom is -0.492 e. The summed E-state index contributed by atoms with van der Waals surface area (Å²) < 4.78 is 5.68. The van der Waals surface area contributed by atoms with Gasteiger partial charge in [-0.15, -0.1) is 0 Å². The molecule has 0 aliphatic rings. The van der Waals surface area contributed by atoms with E-state index in [0.29, 0.717) is 6.61 Å². The van der Waals surface area contributed by atoms with Crippen molar-refractivity contribution in [2.75, 3.05) is 19.7 Å². The van der Waals surface area contributed by atoms with Gasteiger partial charge in [0.15, 0.2) is 0 Å². The van der Waals surface area contributed by atoms with Crippen LogP contribution >= 0.6 is 11.6 Å². The Hall–Kier alpha value is -0.730. The summed E-state index contributed by atoms with van der Waals surface area (Å²) in [4.78, 5) is 0. The van der Waals surface area contributed by atoms with Gasteiger partial charge in [-0.1, -0.05) is 31.5 Å². The Morgan fingerprint density at radius 3 is 2.76 bits per heavy atom. The van der Waals surface area contributed by atoms with Crippen LogP contribution < -0.4 is 10.1 Å². The summed E-state index contributed by atoms with van der Waals surface area (Å²) in [7, 11) is 0. The zero-order chi connectivity index (χ0) is 12.7. The van der Waals surface area contributed by atoms with E-state index in [2.05, 4.69) is 19.2 Å². The molecule has 0 fully saturated rings. The van der Waals surface area contributed by atoms with Crippen molar-refractivity contribution in [2.45, 2.75) is 27.2 Å². The average molecular weight is 256 g/mol. The average Bonchev–Trinajstić information content (AvgIpc) is 2.27. The van der Waals surface area contributed by atoms with E-state index in [1.807, 2.05) is 25.1 Å². The van der Waals surface area contributed by atoms with Crippen LogP contribution in [0.25, 0.3) is 0 Å². The van der Waals surface area contributed by atoms with Crippen LogP contribution in [0.1, 0.15) is 25.8 Å². The molecule has 0 spiro atoms. The van der Waals surface area contributed by atoms with E-state index in [0.717, 1.165) is 35.3 Å². The minimum absolute atomic E-state index is 0.680. The Labute approximate surface area is 109 Å². The first-order valence-electron chi connectivity index (χ1n) is 6.19. The van der Waals surface area contributed by atoms with E-state index in [-0.39, 0.29) is 0 Å². The number of nitrogens with one attached hydrogen (secondary N) is 1. The molecule has 0 radical (unpaired) electrons. The van der Waals surface area contributed by atoms with Gasteiger partial charge in [-0.3, -0.25) is 0 Å². The second-order valence-electron chi connectivity index (χ2n) is 4.69. The first kappa shape index (κ1) is 14.3. The summed E-state index contributed by atoms with van der Waals surface area (Å²) in [5.41, 5.74) is 1.12. The number of hydrogen-bond donors (Lipinski definition) is 1. The third-order valence-corrected chi connectivity index (χ3v) is 2.82. The standard InChI is InChI=1S/C14H22ClNO/c1-11(2)6-7-16-8-9-17-14-10-13(15)5-4-12(14)3/h4-5,10-11,16H,6-9H2,1-3H3. The van der Waals surface area contributed by atoms with Gasteiger partial charge in [0.25, 0.3) is 0 Å². The molecule has 0 amide bonds. The fraction of sp³-hybridized carbons (Fsp3) is 0.571. The van der Waals surface area contributed by atoms with E-state index < -0.39 is 0 Å². The van der Waals surface area contributed by atoms with E-state index in [9.17, 15) is 0 Å². The molecule has 0 aromatic heterocycles. The summed E-state index contributed by atoms with van der Waals surface area (Å²) in [5.74, 6) is 1.63. The van der Waals surface area contributed by atoms with E-state index in [1.54, 1.807) is 0 Å². The Morgan fingerprint density at radius 2 is 2.06 bits per heavy atom. The van der Waals surface area contributed by atoms with Gasteiger partial charge in [-0.25, -0.2) is 0 Å². The van der Waals surface area contributed by atoms with Gasteiger partial charge in [0, 0.05) is 11.6 Å². The van der Waals surface area contributed by atoms with Crippen LogP contribution in [0.15, 0.2) is 18.2 Å². The molecule has 0 saturated carbocycles. The molecule has 3 heteroatoms. The quantitative estimate of drug-likeness (QED) is 0.751. The summed E-state index contributed by atoms with van der Waals surface area (Å²) in [6.07, 6.45) is 1.20. The third-order valence-electron chi connectivity index (χ3n) is 2.59. The molecule has 1 N–H and O–H groups in total. The summed E-state index contributed by atoms with van der Waals surface area (Å²) >= 11 is 5.92. The Bertz CT molecular complexity index is 339. The predicted octanol–water partition coefficient (Wildman–Crippen LogP) is 3.66. The van der Waals surface area contributed by atoms with Crippen molar-refractivity contribution in [3.63, 3.8) is 0 Å². The van der Waals surface area contributed by atoms with Crippen LogP contribution in [-0.2, 0) is 0 Å². The lowest BCUT2D eigenvalue weighted by molar-refractivity contribution is 0.310. The number of ether oxygens (including phenoxy) is 1. The van der Waals surface area contributed by atoms with Crippen LogP contribution in [0.4, 0.5) is 0 Å². The van der Waals surface area contributed by atoms with Crippen LogP contribution in [0.3, 0.4) is 0 Å². The highest BCUT2D eigenvalue weighted by Crippen LogP contribution is 2.22. The molecule has 0 bridgehead atoms. The topological polar surface area (TPSA) is 21.3 Å². The number of halogens is 1. The Kier molecular flexibility index (Phi) is 6.38. The number of benzene rings is 1. The highest BCUT2D eigenvalue weighted by atomic mass is 35.5. The van der Waals surface area contributed by atoms with Crippen molar-refractivity contribution < 1.29 is 4.74 Å². The van der Waals surface area contributed by atoms with E-state index in [4.69, 9.17) is 16.3 Å².